The summed E-state index contributed by atoms with van der Waals surface area (Å²) in [6.07, 6.45) is 5.08. The molecule has 0 saturated heterocycles. The number of anilines is 2. The second-order valence-corrected chi connectivity index (χ2v) is 7.71. The first-order valence-electron chi connectivity index (χ1n) is 9.15. The summed E-state index contributed by atoms with van der Waals surface area (Å²) in [6, 6.07) is 0. The van der Waals surface area contributed by atoms with E-state index in [1.807, 2.05) is 20.8 Å². The van der Waals surface area contributed by atoms with Crippen LogP contribution in [0.4, 0.5) is 11.4 Å². The fourth-order valence-corrected chi connectivity index (χ4v) is 3.23. The van der Waals surface area contributed by atoms with Gasteiger partial charge in [0.25, 0.3) is 5.91 Å². The lowest BCUT2D eigenvalue weighted by atomic mass is 10.3. The highest BCUT2D eigenvalue weighted by molar-refractivity contribution is 14.1. The Morgan fingerprint density at radius 1 is 1.00 bits per heavy atom. The molecule has 3 heterocycles. The first kappa shape index (κ1) is 21.0. The van der Waals surface area contributed by atoms with Crippen molar-refractivity contribution in [2.24, 2.45) is 7.05 Å². The molecule has 3 aromatic rings. The van der Waals surface area contributed by atoms with Gasteiger partial charge in [-0.1, -0.05) is 0 Å². The zero-order valence-electron chi connectivity index (χ0n) is 16.7. The number of halogens is 1. The molecule has 0 aliphatic carbocycles. The second-order valence-electron chi connectivity index (χ2n) is 6.54. The Bertz CT molecular complexity index is 1050. The number of hydrogen-bond donors (Lipinski definition) is 2. The predicted octanol–water partition coefficient (Wildman–Crippen LogP) is 2.34. The lowest BCUT2D eigenvalue weighted by molar-refractivity contribution is -0.116. The average Bonchev–Trinajstić information content (AvgIpc) is 3.34. The van der Waals surface area contributed by atoms with Crippen molar-refractivity contribution in [3.05, 3.63) is 39.2 Å². The van der Waals surface area contributed by atoms with Gasteiger partial charge in [-0.15, -0.1) is 0 Å². The number of aryl methyl sites for hydroxylation is 3. The molecule has 10 nitrogen and oxygen atoms in total. The van der Waals surface area contributed by atoms with Crippen molar-refractivity contribution in [3.8, 4) is 0 Å². The second kappa shape index (κ2) is 8.76. The summed E-state index contributed by atoms with van der Waals surface area (Å²) in [4.78, 5) is 25.3. The minimum Gasteiger partial charge on any atom is -0.323 e. The minimum atomic E-state index is -0.353. The zero-order valence-corrected chi connectivity index (χ0v) is 18.9. The third-order valence-electron chi connectivity index (χ3n) is 4.71. The van der Waals surface area contributed by atoms with E-state index in [2.05, 4.69) is 48.5 Å². The Balaban J connectivity index is 1.72. The fraction of sp³-hybridized carbons (Fsp3) is 0.389. The van der Waals surface area contributed by atoms with Gasteiger partial charge < -0.3 is 10.6 Å². The van der Waals surface area contributed by atoms with Gasteiger partial charge in [0, 0.05) is 25.7 Å². The van der Waals surface area contributed by atoms with Crippen LogP contribution in [-0.4, -0.2) is 41.2 Å². The molecule has 3 aromatic heterocycles. The van der Waals surface area contributed by atoms with E-state index in [0.29, 0.717) is 30.2 Å². The molecule has 29 heavy (non-hydrogen) atoms. The van der Waals surface area contributed by atoms with Gasteiger partial charge in [-0.05, 0) is 43.4 Å². The van der Waals surface area contributed by atoms with Crippen LogP contribution in [0.5, 0.6) is 0 Å². The number of amides is 2. The third kappa shape index (κ3) is 4.49. The quantitative estimate of drug-likeness (QED) is 0.474. The molecule has 11 heteroatoms. The normalized spacial score (nSPS) is 10.9. The van der Waals surface area contributed by atoms with Crippen LogP contribution in [0.3, 0.4) is 0 Å². The number of nitrogens with one attached hydrogen (secondary N) is 2. The Morgan fingerprint density at radius 3 is 2.28 bits per heavy atom. The maximum atomic E-state index is 12.9. The highest BCUT2D eigenvalue weighted by Crippen LogP contribution is 2.20. The smallest absolute Gasteiger partial charge is 0.276 e. The van der Waals surface area contributed by atoms with Gasteiger partial charge in [-0.3, -0.25) is 23.6 Å². The average molecular weight is 510 g/mol. The van der Waals surface area contributed by atoms with Crippen LogP contribution in [0.1, 0.15) is 35.2 Å². The van der Waals surface area contributed by atoms with Crippen LogP contribution in [0.2, 0.25) is 0 Å². The molecule has 0 aliphatic rings. The topological polar surface area (TPSA) is 112 Å². The molecule has 2 N–H and O–H groups in total. The monoisotopic (exact) mass is 510 g/mol. The fourth-order valence-electron chi connectivity index (χ4n) is 2.83. The molecule has 0 bridgehead atoms. The maximum Gasteiger partial charge on any atom is 0.276 e. The van der Waals surface area contributed by atoms with Crippen molar-refractivity contribution in [3.63, 3.8) is 0 Å². The number of carbonyl (C=O) groups is 2. The van der Waals surface area contributed by atoms with Crippen LogP contribution in [0.15, 0.2) is 18.6 Å². The Labute approximate surface area is 181 Å². The number of aromatic nitrogens is 6. The highest BCUT2D eigenvalue weighted by atomic mass is 127. The highest BCUT2D eigenvalue weighted by Gasteiger charge is 2.21. The number of carbonyl (C=O) groups excluding carboxylic acids is 2. The lowest BCUT2D eigenvalue weighted by Gasteiger charge is -2.10. The molecule has 0 aliphatic heterocycles. The minimum absolute atomic E-state index is 0.211. The molecule has 0 radical (unpaired) electrons. The Kier molecular flexibility index (Phi) is 6.35. The van der Waals surface area contributed by atoms with Crippen molar-refractivity contribution >= 4 is 45.8 Å². The van der Waals surface area contributed by atoms with Gasteiger partial charge in [0.05, 0.1) is 45.8 Å². The summed E-state index contributed by atoms with van der Waals surface area (Å²) in [5.41, 5.74) is 3.14. The Hall–Kier alpha value is -2.70. The first-order valence-corrected chi connectivity index (χ1v) is 10.2. The third-order valence-corrected chi connectivity index (χ3v) is 5.76. The molecule has 0 atom stereocenters. The summed E-state index contributed by atoms with van der Waals surface area (Å²) >= 11 is 2.21. The van der Waals surface area contributed by atoms with Gasteiger partial charge in [0.1, 0.15) is 5.69 Å². The van der Waals surface area contributed by atoms with E-state index in [0.717, 1.165) is 15.0 Å². The summed E-state index contributed by atoms with van der Waals surface area (Å²) in [6.45, 7) is 6.66. The summed E-state index contributed by atoms with van der Waals surface area (Å²) in [5.74, 6) is -0.564. The van der Waals surface area contributed by atoms with Crippen molar-refractivity contribution in [1.29, 1.82) is 0 Å². The molecule has 0 fully saturated rings. The molecular weight excluding hydrogens is 487 g/mol. The van der Waals surface area contributed by atoms with Crippen molar-refractivity contribution < 1.29 is 9.59 Å². The predicted molar refractivity (Wildman–Crippen MR) is 117 cm³/mol. The van der Waals surface area contributed by atoms with E-state index in [1.165, 1.54) is 6.20 Å². The molecule has 0 aromatic carbocycles. The Morgan fingerprint density at radius 2 is 1.69 bits per heavy atom. The zero-order chi connectivity index (χ0) is 21.1. The molecule has 2 amide bonds. The van der Waals surface area contributed by atoms with E-state index in [1.54, 1.807) is 33.5 Å². The number of nitrogens with zero attached hydrogens (tertiary/aromatic N) is 6. The van der Waals surface area contributed by atoms with Gasteiger partial charge in [-0.25, -0.2) is 0 Å². The number of hydrogen-bond acceptors (Lipinski definition) is 5. The summed E-state index contributed by atoms with van der Waals surface area (Å²) in [7, 11) is 1.80. The largest absolute Gasteiger partial charge is 0.323 e. The summed E-state index contributed by atoms with van der Waals surface area (Å²) < 4.78 is 6.07. The van der Waals surface area contributed by atoms with Gasteiger partial charge >= 0.3 is 0 Å². The van der Waals surface area contributed by atoms with E-state index in [-0.39, 0.29) is 18.2 Å². The SMILES string of the molecule is CCn1ncc(NC(=O)CCn2ncc(I)c2C)c1C(=O)Nc1cnn(C)c1C. The van der Waals surface area contributed by atoms with Crippen LogP contribution in [0.25, 0.3) is 0 Å². The molecular formula is C18H23IN8O2. The van der Waals surface area contributed by atoms with Crippen LogP contribution < -0.4 is 10.6 Å². The van der Waals surface area contributed by atoms with Gasteiger partial charge in [0.2, 0.25) is 5.91 Å². The molecule has 0 spiro atoms. The van der Waals surface area contributed by atoms with Gasteiger partial charge in [-0.2, -0.15) is 15.3 Å². The summed E-state index contributed by atoms with van der Waals surface area (Å²) in [5, 5.41) is 18.2. The number of rotatable bonds is 7. The van der Waals surface area contributed by atoms with Crippen molar-refractivity contribution in [2.45, 2.75) is 40.3 Å². The molecule has 0 unspecified atom stereocenters. The van der Waals surface area contributed by atoms with Crippen molar-refractivity contribution in [1.82, 2.24) is 29.3 Å². The van der Waals surface area contributed by atoms with Crippen molar-refractivity contribution in [2.75, 3.05) is 10.6 Å². The van der Waals surface area contributed by atoms with Gasteiger partial charge in [0.15, 0.2) is 0 Å². The van der Waals surface area contributed by atoms with Crippen LogP contribution in [-0.2, 0) is 24.9 Å². The molecule has 3 rings (SSSR count). The molecule has 154 valence electrons. The maximum absolute atomic E-state index is 12.9. The van der Waals surface area contributed by atoms with E-state index < -0.39 is 0 Å². The molecule has 0 saturated carbocycles. The van der Waals surface area contributed by atoms with Crippen LogP contribution >= 0.6 is 22.6 Å². The lowest BCUT2D eigenvalue weighted by Crippen LogP contribution is -2.22. The first-order chi connectivity index (χ1) is 13.8. The van der Waals surface area contributed by atoms with E-state index in [9.17, 15) is 9.59 Å². The van der Waals surface area contributed by atoms with E-state index >= 15 is 0 Å². The van der Waals surface area contributed by atoms with E-state index in [4.69, 9.17) is 0 Å². The standard InChI is InChI=1S/C18H23IN8O2/c1-5-26-17(18(29)24-14-9-20-25(4)12(14)3)15(10-22-26)23-16(28)6-7-27-11(2)13(19)8-21-27/h8-10H,5-7H2,1-4H3,(H,23,28)(H,24,29). The van der Waals surface area contributed by atoms with Crippen LogP contribution in [0, 0.1) is 17.4 Å².